The predicted molar refractivity (Wildman–Crippen MR) is 131 cm³/mol. The molecular weight excluding hydrogens is 436 g/mol. The zero-order valence-corrected chi connectivity index (χ0v) is 20.6. The van der Waals surface area contributed by atoms with Crippen molar-refractivity contribution in [2.75, 3.05) is 73.4 Å². The quantitative estimate of drug-likeness (QED) is 0.448. The number of rotatable bonds is 14. The Balaban J connectivity index is 1.45. The predicted octanol–water partition coefficient (Wildman–Crippen LogP) is 2.68. The zero-order valence-electron chi connectivity index (χ0n) is 20.6. The molecule has 2 aromatic carbocycles. The minimum absolute atomic E-state index is 0.219. The van der Waals surface area contributed by atoms with Crippen LogP contribution in [0, 0.1) is 0 Å². The summed E-state index contributed by atoms with van der Waals surface area (Å²) in [5.74, 6) is 2.98. The molecule has 8 nitrogen and oxygen atoms in total. The van der Waals surface area contributed by atoms with Gasteiger partial charge in [0, 0.05) is 32.7 Å². The Labute approximate surface area is 202 Å². The number of aliphatic hydroxyl groups excluding tert-OH is 1. The maximum atomic E-state index is 10.4. The largest absolute Gasteiger partial charge is 0.497 e. The zero-order chi connectivity index (χ0) is 24.2. The van der Waals surface area contributed by atoms with Crippen molar-refractivity contribution >= 4 is 0 Å². The van der Waals surface area contributed by atoms with E-state index in [-0.39, 0.29) is 6.61 Å². The first-order valence-electron chi connectivity index (χ1n) is 11.9. The average Bonchev–Trinajstić information content (AvgIpc) is 2.85. The van der Waals surface area contributed by atoms with E-state index < -0.39 is 6.10 Å². The van der Waals surface area contributed by atoms with Crippen molar-refractivity contribution < 1.29 is 28.8 Å². The first-order valence-corrected chi connectivity index (χ1v) is 11.9. The molecule has 8 heteroatoms. The van der Waals surface area contributed by atoms with Gasteiger partial charge in [0.25, 0.3) is 0 Å². The summed E-state index contributed by atoms with van der Waals surface area (Å²) in [4.78, 5) is 4.41. The minimum atomic E-state index is -0.610. The fourth-order valence-corrected chi connectivity index (χ4v) is 3.80. The average molecular weight is 475 g/mol. The van der Waals surface area contributed by atoms with E-state index in [1.54, 1.807) is 7.11 Å². The van der Waals surface area contributed by atoms with Gasteiger partial charge in [-0.3, -0.25) is 9.80 Å². The van der Waals surface area contributed by atoms with E-state index in [2.05, 4.69) is 9.80 Å². The molecule has 1 heterocycles. The first-order chi connectivity index (χ1) is 16.6. The summed E-state index contributed by atoms with van der Waals surface area (Å²) >= 11 is 0. The van der Waals surface area contributed by atoms with Crippen molar-refractivity contribution in [3.63, 3.8) is 0 Å². The summed E-state index contributed by atoms with van der Waals surface area (Å²) in [6, 6.07) is 13.4. The molecule has 2 aromatic rings. The van der Waals surface area contributed by atoms with Crippen LogP contribution >= 0.6 is 0 Å². The van der Waals surface area contributed by atoms with Crippen LogP contribution in [-0.4, -0.2) is 94.4 Å². The number of morpholine rings is 1. The molecular formula is C26H38N2O6. The van der Waals surface area contributed by atoms with Crippen LogP contribution in [0.25, 0.3) is 0 Å². The molecule has 0 aromatic heterocycles. The Hall–Kier alpha value is -2.52. The van der Waals surface area contributed by atoms with Gasteiger partial charge in [0.05, 0.1) is 26.9 Å². The minimum Gasteiger partial charge on any atom is -0.497 e. The summed E-state index contributed by atoms with van der Waals surface area (Å²) < 4.78 is 28.1. The standard InChI is InChI=1S/C26H38N2O6/c1-4-32-26-17-21(5-10-25(26)33-16-13-28-11-14-31-15-12-28)18-27(2)19-22(29)20-34-24-8-6-23(30-3)7-9-24/h5-10,17,22,29H,4,11-16,18-20H2,1-3H3/t22-/m1/s1. The van der Waals surface area contributed by atoms with Crippen LogP contribution in [-0.2, 0) is 11.3 Å². The van der Waals surface area contributed by atoms with Crippen LogP contribution in [0.2, 0.25) is 0 Å². The second kappa shape index (κ2) is 14.0. The van der Waals surface area contributed by atoms with E-state index >= 15 is 0 Å². The van der Waals surface area contributed by atoms with Crippen LogP contribution in [0.3, 0.4) is 0 Å². The topological polar surface area (TPSA) is 72.9 Å². The van der Waals surface area contributed by atoms with Crippen LogP contribution in [0.4, 0.5) is 0 Å². The Morgan fingerprint density at radius 3 is 2.44 bits per heavy atom. The lowest BCUT2D eigenvalue weighted by atomic mass is 10.2. The van der Waals surface area contributed by atoms with Gasteiger partial charge in [0.1, 0.15) is 30.8 Å². The van der Waals surface area contributed by atoms with Gasteiger partial charge in [-0.25, -0.2) is 0 Å². The van der Waals surface area contributed by atoms with Gasteiger partial charge in [0.15, 0.2) is 11.5 Å². The fraction of sp³-hybridized carbons (Fsp3) is 0.538. The van der Waals surface area contributed by atoms with E-state index in [0.29, 0.717) is 32.1 Å². The molecule has 188 valence electrons. The fourth-order valence-electron chi connectivity index (χ4n) is 3.80. The third-order valence-electron chi connectivity index (χ3n) is 5.55. The highest BCUT2D eigenvalue weighted by atomic mass is 16.5. The summed E-state index contributed by atoms with van der Waals surface area (Å²) in [5.41, 5.74) is 1.09. The van der Waals surface area contributed by atoms with E-state index in [0.717, 1.165) is 55.7 Å². The van der Waals surface area contributed by atoms with Crippen LogP contribution in [0.15, 0.2) is 42.5 Å². The van der Waals surface area contributed by atoms with Crippen molar-refractivity contribution in [3.8, 4) is 23.0 Å². The number of methoxy groups -OCH3 is 1. The third-order valence-corrected chi connectivity index (χ3v) is 5.55. The number of nitrogens with zero attached hydrogens (tertiary/aromatic N) is 2. The number of benzene rings is 2. The second-order valence-corrected chi connectivity index (χ2v) is 8.35. The first kappa shape index (κ1) is 26.1. The van der Waals surface area contributed by atoms with E-state index in [4.69, 9.17) is 23.7 Å². The van der Waals surface area contributed by atoms with Crippen LogP contribution in [0.5, 0.6) is 23.0 Å². The highest BCUT2D eigenvalue weighted by Crippen LogP contribution is 2.29. The Bertz CT molecular complexity index is 842. The highest BCUT2D eigenvalue weighted by Gasteiger charge is 2.14. The lowest BCUT2D eigenvalue weighted by Gasteiger charge is -2.26. The molecule has 0 unspecified atom stereocenters. The molecule has 0 aliphatic carbocycles. The number of hydrogen-bond acceptors (Lipinski definition) is 8. The molecule has 0 bridgehead atoms. The lowest BCUT2D eigenvalue weighted by molar-refractivity contribution is 0.0320. The van der Waals surface area contributed by atoms with Crippen molar-refractivity contribution in [3.05, 3.63) is 48.0 Å². The number of ether oxygens (including phenoxy) is 5. The van der Waals surface area contributed by atoms with Gasteiger partial charge in [-0.2, -0.15) is 0 Å². The number of likely N-dealkylation sites (N-methyl/N-ethyl adjacent to an activating group) is 1. The Morgan fingerprint density at radius 2 is 1.74 bits per heavy atom. The summed E-state index contributed by atoms with van der Waals surface area (Å²) in [6.45, 7) is 8.87. The van der Waals surface area contributed by atoms with Crippen molar-refractivity contribution in [1.29, 1.82) is 0 Å². The molecule has 1 fully saturated rings. The molecule has 0 spiro atoms. The highest BCUT2D eigenvalue weighted by molar-refractivity contribution is 5.43. The molecule has 1 N–H and O–H groups in total. The molecule has 1 aliphatic heterocycles. The van der Waals surface area contributed by atoms with E-state index in [9.17, 15) is 5.11 Å². The van der Waals surface area contributed by atoms with Gasteiger partial charge >= 0.3 is 0 Å². The molecule has 1 atom stereocenters. The van der Waals surface area contributed by atoms with Crippen LogP contribution in [0.1, 0.15) is 12.5 Å². The summed E-state index contributed by atoms with van der Waals surface area (Å²) in [7, 11) is 3.60. The monoisotopic (exact) mass is 474 g/mol. The van der Waals surface area contributed by atoms with Gasteiger partial charge in [0.2, 0.25) is 0 Å². The number of aliphatic hydroxyl groups is 1. The Morgan fingerprint density at radius 1 is 1.00 bits per heavy atom. The summed E-state index contributed by atoms with van der Waals surface area (Å²) in [6.07, 6.45) is -0.610. The molecule has 1 saturated heterocycles. The van der Waals surface area contributed by atoms with Crippen LogP contribution < -0.4 is 18.9 Å². The lowest BCUT2D eigenvalue weighted by Crippen LogP contribution is -2.38. The smallest absolute Gasteiger partial charge is 0.161 e. The number of hydrogen-bond donors (Lipinski definition) is 1. The molecule has 0 radical (unpaired) electrons. The van der Waals surface area contributed by atoms with E-state index in [1.807, 2.05) is 56.4 Å². The molecule has 1 aliphatic rings. The van der Waals surface area contributed by atoms with Gasteiger partial charge < -0.3 is 28.8 Å². The maximum Gasteiger partial charge on any atom is 0.161 e. The Kier molecular flexibility index (Phi) is 10.8. The molecule has 0 saturated carbocycles. The molecule has 0 amide bonds. The SMILES string of the molecule is CCOc1cc(CN(C)C[C@@H](O)COc2ccc(OC)cc2)ccc1OCCN1CCOCC1. The van der Waals surface area contributed by atoms with E-state index in [1.165, 1.54) is 0 Å². The third kappa shape index (κ3) is 8.68. The maximum absolute atomic E-state index is 10.4. The summed E-state index contributed by atoms with van der Waals surface area (Å²) in [5, 5.41) is 10.4. The van der Waals surface area contributed by atoms with Crippen molar-refractivity contribution in [2.24, 2.45) is 0 Å². The van der Waals surface area contributed by atoms with Crippen molar-refractivity contribution in [1.82, 2.24) is 9.80 Å². The van der Waals surface area contributed by atoms with Crippen molar-refractivity contribution in [2.45, 2.75) is 19.6 Å². The molecule has 34 heavy (non-hydrogen) atoms. The normalized spacial score (nSPS) is 15.2. The molecule has 3 rings (SSSR count). The van der Waals surface area contributed by atoms with Gasteiger partial charge in [-0.05, 0) is 55.9 Å². The van der Waals surface area contributed by atoms with Gasteiger partial charge in [-0.15, -0.1) is 0 Å². The van der Waals surface area contributed by atoms with Gasteiger partial charge in [-0.1, -0.05) is 6.07 Å². The second-order valence-electron chi connectivity index (χ2n) is 8.35.